The van der Waals surface area contributed by atoms with Crippen LogP contribution in [0.4, 0.5) is 17.6 Å². The monoisotopic (exact) mass is 339 g/mol. The molecule has 1 aliphatic heterocycles. The van der Waals surface area contributed by atoms with Crippen molar-refractivity contribution in [2.45, 2.75) is 44.1 Å². The molecular formula is C18H25N7. The standard InChI is InChI=1S/C18H25N7/c1-19-10-18-6-4-13(9-18)25(11-18)17-20-7-5-15(22-17)21-16-8-14(23-24-16)12-2-3-12/h5,7-8,12-13,19H,2-4,6,9-11H2,1H3,(H2,20,21,22,23,24). The topological polar surface area (TPSA) is 81.8 Å². The number of nitrogens with one attached hydrogen (secondary N) is 3. The number of aromatic amines is 1. The zero-order chi connectivity index (χ0) is 16.9. The third-order valence-electron chi connectivity index (χ3n) is 5.95. The Balaban J connectivity index is 1.33. The number of H-pyrrole nitrogens is 1. The number of piperidine rings is 1. The second-order valence-electron chi connectivity index (χ2n) is 7.90. The summed E-state index contributed by atoms with van der Waals surface area (Å²) in [5, 5.41) is 14.2. The maximum Gasteiger partial charge on any atom is 0.227 e. The fraction of sp³-hybridized carbons (Fsp3) is 0.611. The molecule has 1 saturated heterocycles. The van der Waals surface area contributed by atoms with Gasteiger partial charge in [-0.2, -0.15) is 10.1 Å². The van der Waals surface area contributed by atoms with Crippen molar-refractivity contribution in [3.05, 3.63) is 24.0 Å². The minimum absolute atomic E-state index is 0.396. The molecular weight excluding hydrogens is 314 g/mol. The third-order valence-corrected chi connectivity index (χ3v) is 5.95. The van der Waals surface area contributed by atoms with Crippen LogP contribution < -0.4 is 15.5 Å². The molecule has 7 nitrogen and oxygen atoms in total. The minimum Gasteiger partial charge on any atom is -0.337 e. The molecule has 3 N–H and O–H groups in total. The number of hydrogen-bond donors (Lipinski definition) is 3. The van der Waals surface area contributed by atoms with Crippen LogP contribution in [-0.2, 0) is 0 Å². The second kappa shape index (κ2) is 5.69. The van der Waals surface area contributed by atoms with Crippen molar-refractivity contribution in [1.82, 2.24) is 25.5 Å². The van der Waals surface area contributed by atoms with Crippen molar-refractivity contribution in [3.8, 4) is 0 Å². The molecule has 132 valence electrons. The van der Waals surface area contributed by atoms with Gasteiger partial charge in [0.25, 0.3) is 0 Å². The van der Waals surface area contributed by atoms with Crippen LogP contribution in [0.25, 0.3) is 0 Å². The van der Waals surface area contributed by atoms with Gasteiger partial charge in [-0.3, -0.25) is 5.10 Å². The van der Waals surface area contributed by atoms with Crippen LogP contribution in [0.2, 0.25) is 0 Å². The molecule has 2 aliphatic carbocycles. The SMILES string of the molecule is CNCC12CCC(C1)N(c1nccc(Nc3cc(C4CC4)[nH]n3)n1)C2. The Hall–Kier alpha value is -2.15. The first-order chi connectivity index (χ1) is 12.2. The molecule has 2 bridgehead atoms. The Kier molecular flexibility index (Phi) is 3.45. The molecule has 2 aromatic rings. The molecule has 0 amide bonds. The van der Waals surface area contributed by atoms with Crippen molar-refractivity contribution in [2.75, 3.05) is 30.4 Å². The van der Waals surface area contributed by atoms with Gasteiger partial charge < -0.3 is 15.5 Å². The third kappa shape index (κ3) is 2.76. The zero-order valence-corrected chi connectivity index (χ0v) is 14.6. The average molecular weight is 339 g/mol. The number of hydrogen-bond acceptors (Lipinski definition) is 6. The summed E-state index contributed by atoms with van der Waals surface area (Å²) in [7, 11) is 2.05. The van der Waals surface area contributed by atoms with Gasteiger partial charge in [-0.15, -0.1) is 0 Å². The van der Waals surface area contributed by atoms with Crippen LogP contribution in [0.1, 0.15) is 43.7 Å². The fourth-order valence-electron chi connectivity index (χ4n) is 4.59. The summed E-state index contributed by atoms with van der Waals surface area (Å²) in [6, 6.07) is 4.58. The lowest BCUT2D eigenvalue weighted by Crippen LogP contribution is -2.40. The second-order valence-corrected chi connectivity index (χ2v) is 7.90. The maximum atomic E-state index is 4.76. The lowest BCUT2D eigenvalue weighted by Gasteiger charge is -2.32. The number of anilines is 3. The van der Waals surface area contributed by atoms with Crippen LogP contribution >= 0.6 is 0 Å². The van der Waals surface area contributed by atoms with Gasteiger partial charge in [0.15, 0.2) is 5.82 Å². The van der Waals surface area contributed by atoms with Crippen LogP contribution in [0.3, 0.4) is 0 Å². The quantitative estimate of drug-likeness (QED) is 0.750. The van der Waals surface area contributed by atoms with E-state index in [0.717, 1.165) is 30.7 Å². The number of nitrogens with zero attached hydrogens (tertiary/aromatic N) is 4. The minimum atomic E-state index is 0.396. The molecule has 2 aromatic heterocycles. The summed E-state index contributed by atoms with van der Waals surface area (Å²) in [4.78, 5) is 11.7. The molecule has 0 spiro atoms. The Morgan fingerprint density at radius 2 is 2.24 bits per heavy atom. The Labute approximate surface area is 147 Å². The van der Waals surface area contributed by atoms with Gasteiger partial charge in [0.1, 0.15) is 5.82 Å². The highest BCUT2D eigenvalue weighted by Gasteiger charge is 2.49. The van der Waals surface area contributed by atoms with Gasteiger partial charge in [0, 0.05) is 48.4 Å². The predicted octanol–water partition coefficient (Wildman–Crippen LogP) is 2.40. The van der Waals surface area contributed by atoms with E-state index in [4.69, 9.17) is 4.98 Å². The summed E-state index contributed by atoms with van der Waals surface area (Å²) in [5.74, 6) is 3.16. The van der Waals surface area contributed by atoms with E-state index in [-0.39, 0.29) is 0 Å². The zero-order valence-electron chi connectivity index (χ0n) is 14.6. The van der Waals surface area contributed by atoms with E-state index in [9.17, 15) is 0 Å². The lowest BCUT2D eigenvalue weighted by molar-refractivity contribution is 0.317. The van der Waals surface area contributed by atoms with Gasteiger partial charge in [-0.05, 0) is 45.2 Å². The lowest BCUT2D eigenvalue weighted by atomic mass is 9.87. The highest BCUT2D eigenvalue weighted by molar-refractivity contribution is 5.54. The smallest absolute Gasteiger partial charge is 0.227 e. The summed E-state index contributed by atoms with van der Waals surface area (Å²) in [6.45, 7) is 2.13. The summed E-state index contributed by atoms with van der Waals surface area (Å²) in [6.07, 6.45) is 8.18. The summed E-state index contributed by atoms with van der Waals surface area (Å²) < 4.78 is 0. The first-order valence-corrected chi connectivity index (χ1v) is 9.31. The molecule has 2 atom stereocenters. The van der Waals surface area contributed by atoms with E-state index < -0.39 is 0 Å². The highest BCUT2D eigenvalue weighted by atomic mass is 15.3. The maximum absolute atomic E-state index is 4.76. The summed E-state index contributed by atoms with van der Waals surface area (Å²) >= 11 is 0. The Bertz CT molecular complexity index is 768. The van der Waals surface area contributed by atoms with Crippen molar-refractivity contribution in [3.63, 3.8) is 0 Å². The van der Waals surface area contributed by atoms with Gasteiger partial charge in [0.2, 0.25) is 5.95 Å². The highest BCUT2D eigenvalue weighted by Crippen LogP contribution is 2.48. The van der Waals surface area contributed by atoms with Crippen LogP contribution in [0.5, 0.6) is 0 Å². The largest absolute Gasteiger partial charge is 0.337 e. The van der Waals surface area contributed by atoms with Crippen LogP contribution in [0.15, 0.2) is 18.3 Å². The first kappa shape index (κ1) is 15.1. The van der Waals surface area contributed by atoms with Crippen molar-refractivity contribution < 1.29 is 0 Å². The van der Waals surface area contributed by atoms with E-state index in [1.54, 1.807) is 0 Å². The molecule has 3 heterocycles. The fourth-order valence-corrected chi connectivity index (χ4v) is 4.59. The van der Waals surface area contributed by atoms with Gasteiger partial charge in [-0.25, -0.2) is 4.98 Å². The normalized spacial score (nSPS) is 27.9. The number of aromatic nitrogens is 4. The molecule has 7 heteroatoms. The molecule has 3 fully saturated rings. The average Bonchev–Trinajstić information content (AvgIpc) is 3.08. The molecule has 2 unspecified atom stereocenters. The van der Waals surface area contributed by atoms with E-state index in [1.165, 1.54) is 37.8 Å². The van der Waals surface area contributed by atoms with Crippen molar-refractivity contribution >= 4 is 17.6 Å². The van der Waals surface area contributed by atoms with E-state index in [2.05, 4.69) is 36.8 Å². The van der Waals surface area contributed by atoms with Crippen molar-refractivity contribution in [1.29, 1.82) is 0 Å². The molecule has 2 saturated carbocycles. The van der Waals surface area contributed by atoms with E-state index in [0.29, 0.717) is 17.4 Å². The number of fused-ring (bicyclic) bond motifs is 2. The van der Waals surface area contributed by atoms with Crippen LogP contribution in [0, 0.1) is 5.41 Å². The summed E-state index contributed by atoms with van der Waals surface area (Å²) in [5.41, 5.74) is 1.62. The van der Waals surface area contributed by atoms with Gasteiger partial charge in [0.05, 0.1) is 0 Å². The Morgan fingerprint density at radius 1 is 1.32 bits per heavy atom. The number of rotatable bonds is 6. The van der Waals surface area contributed by atoms with Gasteiger partial charge >= 0.3 is 0 Å². The molecule has 0 aromatic carbocycles. The molecule has 0 radical (unpaired) electrons. The van der Waals surface area contributed by atoms with Crippen LogP contribution in [-0.4, -0.2) is 46.3 Å². The van der Waals surface area contributed by atoms with Gasteiger partial charge in [-0.1, -0.05) is 0 Å². The molecule has 3 aliphatic rings. The molecule has 25 heavy (non-hydrogen) atoms. The predicted molar refractivity (Wildman–Crippen MR) is 97.2 cm³/mol. The van der Waals surface area contributed by atoms with Crippen molar-refractivity contribution in [2.24, 2.45) is 5.41 Å². The molecule has 5 rings (SSSR count). The Morgan fingerprint density at radius 3 is 3.08 bits per heavy atom. The first-order valence-electron chi connectivity index (χ1n) is 9.31. The van der Waals surface area contributed by atoms with E-state index in [1.807, 2.05) is 19.3 Å². The van der Waals surface area contributed by atoms with E-state index >= 15 is 0 Å².